The monoisotopic (exact) mass is 344 g/mol. The number of methoxy groups -OCH3 is 1. The van der Waals surface area contributed by atoms with Crippen LogP contribution < -0.4 is 5.32 Å². The zero-order valence-electron chi connectivity index (χ0n) is 14.7. The number of carbonyl (C=O) groups is 3. The van der Waals surface area contributed by atoms with Gasteiger partial charge in [-0.3, -0.25) is 9.59 Å². The topological polar surface area (TPSA) is 75.7 Å². The predicted molar refractivity (Wildman–Crippen MR) is 93.0 cm³/mol. The zero-order valence-corrected chi connectivity index (χ0v) is 14.7. The van der Waals surface area contributed by atoms with Crippen molar-refractivity contribution in [3.05, 3.63) is 29.8 Å². The van der Waals surface area contributed by atoms with Gasteiger partial charge in [0.2, 0.25) is 5.91 Å². The number of piperidine rings is 1. The Kier molecular flexibility index (Phi) is 5.06. The number of anilines is 1. The number of nitrogens with one attached hydrogen (secondary N) is 1. The zero-order chi connectivity index (χ0) is 18.0. The van der Waals surface area contributed by atoms with Gasteiger partial charge < -0.3 is 15.0 Å². The number of ether oxygens (including phenoxy) is 1. The highest BCUT2D eigenvalue weighted by molar-refractivity contribution is 5.99. The smallest absolute Gasteiger partial charge is 0.328 e. The molecule has 1 aromatic rings. The molecule has 2 fully saturated rings. The van der Waals surface area contributed by atoms with Crippen LogP contribution in [-0.2, 0) is 14.3 Å². The first-order valence-corrected chi connectivity index (χ1v) is 8.81. The molecular weight excluding hydrogens is 320 g/mol. The van der Waals surface area contributed by atoms with E-state index < -0.39 is 6.04 Å². The van der Waals surface area contributed by atoms with E-state index in [1.165, 1.54) is 7.11 Å². The van der Waals surface area contributed by atoms with Gasteiger partial charge in [-0.05, 0) is 49.8 Å². The quantitative estimate of drug-likeness (QED) is 0.851. The van der Waals surface area contributed by atoms with E-state index in [-0.39, 0.29) is 23.7 Å². The Balaban J connectivity index is 1.73. The molecule has 6 heteroatoms. The van der Waals surface area contributed by atoms with Crippen molar-refractivity contribution >= 4 is 23.5 Å². The summed E-state index contributed by atoms with van der Waals surface area (Å²) in [5.74, 6) is -0.0714. The number of carbonyl (C=O) groups excluding carboxylic acids is 3. The van der Waals surface area contributed by atoms with E-state index in [0.29, 0.717) is 30.1 Å². The first-order valence-electron chi connectivity index (χ1n) is 8.81. The molecule has 0 bridgehead atoms. The summed E-state index contributed by atoms with van der Waals surface area (Å²) in [6.45, 7) is 2.59. The summed E-state index contributed by atoms with van der Waals surface area (Å²) >= 11 is 0. The van der Waals surface area contributed by atoms with Crippen molar-refractivity contribution in [3.63, 3.8) is 0 Å². The number of benzene rings is 1. The Bertz CT molecular complexity index is 688. The summed E-state index contributed by atoms with van der Waals surface area (Å²) in [7, 11) is 1.34. The van der Waals surface area contributed by atoms with Crippen LogP contribution in [0.25, 0.3) is 0 Å². The van der Waals surface area contributed by atoms with Crippen molar-refractivity contribution in [1.82, 2.24) is 4.90 Å². The molecule has 0 spiro atoms. The van der Waals surface area contributed by atoms with E-state index in [9.17, 15) is 14.4 Å². The molecule has 1 N–H and O–H groups in total. The van der Waals surface area contributed by atoms with Crippen molar-refractivity contribution in [3.8, 4) is 0 Å². The van der Waals surface area contributed by atoms with Gasteiger partial charge >= 0.3 is 5.97 Å². The molecule has 0 radical (unpaired) electrons. The van der Waals surface area contributed by atoms with Crippen molar-refractivity contribution < 1.29 is 19.1 Å². The van der Waals surface area contributed by atoms with Crippen LogP contribution in [0.3, 0.4) is 0 Å². The van der Waals surface area contributed by atoms with E-state index in [1.807, 2.05) is 6.92 Å². The second-order valence-electron chi connectivity index (χ2n) is 6.92. The van der Waals surface area contributed by atoms with Crippen LogP contribution in [0.2, 0.25) is 0 Å². The molecule has 3 unspecified atom stereocenters. The third-order valence-electron chi connectivity index (χ3n) is 5.06. The fourth-order valence-corrected chi connectivity index (χ4v) is 3.37. The third-order valence-corrected chi connectivity index (χ3v) is 5.06. The van der Waals surface area contributed by atoms with Gasteiger partial charge in [-0.25, -0.2) is 4.79 Å². The lowest BCUT2D eigenvalue weighted by molar-refractivity contribution is -0.147. The largest absolute Gasteiger partial charge is 0.467 e. The van der Waals surface area contributed by atoms with Crippen molar-refractivity contribution in [1.29, 1.82) is 0 Å². The van der Waals surface area contributed by atoms with Crippen molar-refractivity contribution in [2.75, 3.05) is 19.0 Å². The highest BCUT2D eigenvalue weighted by Crippen LogP contribution is 2.38. The molecular formula is C19H24N2O4. The molecule has 1 saturated carbocycles. The third kappa shape index (κ3) is 3.83. The van der Waals surface area contributed by atoms with Crippen molar-refractivity contribution in [2.45, 2.75) is 38.6 Å². The Morgan fingerprint density at radius 1 is 1.24 bits per heavy atom. The lowest BCUT2D eigenvalue weighted by atomic mass is 10.0. The Morgan fingerprint density at radius 2 is 2.00 bits per heavy atom. The summed E-state index contributed by atoms with van der Waals surface area (Å²) in [6.07, 6.45) is 3.31. The van der Waals surface area contributed by atoms with Gasteiger partial charge in [0.25, 0.3) is 5.91 Å². The van der Waals surface area contributed by atoms with Gasteiger partial charge in [-0.2, -0.15) is 0 Å². The molecule has 1 heterocycles. The van der Waals surface area contributed by atoms with E-state index in [1.54, 1.807) is 29.2 Å². The minimum Gasteiger partial charge on any atom is -0.467 e. The average Bonchev–Trinajstić information content (AvgIpc) is 3.37. The maximum Gasteiger partial charge on any atom is 0.328 e. The van der Waals surface area contributed by atoms with Gasteiger partial charge in [-0.1, -0.05) is 13.0 Å². The number of hydrogen-bond acceptors (Lipinski definition) is 4. The fraction of sp³-hybridized carbons (Fsp3) is 0.526. The second-order valence-corrected chi connectivity index (χ2v) is 6.92. The average molecular weight is 344 g/mol. The molecule has 1 aromatic carbocycles. The summed E-state index contributed by atoms with van der Waals surface area (Å²) in [4.78, 5) is 38.5. The van der Waals surface area contributed by atoms with Gasteiger partial charge in [0.1, 0.15) is 6.04 Å². The van der Waals surface area contributed by atoms with Crippen LogP contribution in [0, 0.1) is 11.8 Å². The van der Waals surface area contributed by atoms with Crippen LogP contribution in [0.15, 0.2) is 24.3 Å². The molecule has 1 saturated heterocycles. The van der Waals surface area contributed by atoms with E-state index in [2.05, 4.69) is 5.32 Å². The summed E-state index contributed by atoms with van der Waals surface area (Å²) in [6, 6.07) is 6.37. The Labute approximate surface area is 147 Å². The van der Waals surface area contributed by atoms with E-state index in [4.69, 9.17) is 4.74 Å². The SMILES string of the molecule is COC(=O)C1CCCCN1C(=O)c1cccc(NC(=O)C2CC2C)c1. The molecule has 2 amide bonds. The molecule has 6 nitrogen and oxygen atoms in total. The second kappa shape index (κ2) is 7.25. The lowest BCUT2D eigenvalue weighted by Crippen LogP contribution is -2.48. The number of esters is 1. The summed E-state index contributed by atoms with van der Waals surface area (Å²) in [5, 5.41) is 2.88. The summed E-state index contributed by atoms with van der Waals surface area (Å²) in [5.41, 5.74) is 1.08. The first kappa shape index (κ1) is 17.5. The molecule has 3 rings (SSSR count). The molecule has 1 aliphatic heterocycles. The molecule has 0 aromatic heterocycles. The van der Waals surface area contributed by atoms with E-state index in [0.717, 1.165) is 19.3 Å². The van der Waals surface area contributed by atoms with Crippen LogP contribution in [-0.4, -0.2) is 42.4 Å². The minimum atomic E-state index is -0.531. The van der Waals surface area contributed by atoms with Crippen molar-refractivity contribution in [2.24, 2.45) is 11.8 Å². The van der Waals surface area contributed by atoms with Gasteiger partial charge in [0, 0.05) is 23.7 Å². The highest BCUT2D eigenvalue weighted by Gasteiger charge is 2.39. The standard InChI is InChI=1S/C19H24N2O4/c1-12-10-15(12)17(22)20-14-7-5-6-13(11-14)18(23)21-9-4-3-8-16(21)19(24)25-2/h5-7,11-12,15-16H,3-4,8-10H2,1-2H3,(H,20,22). The van der Waals surface area contributed by atoms with Gasteiger partial charge in [-0.15, -0.1) is 0 Å². The number of rotatable bonds is 4. The first-order chi connectivity index (χ1) is 12.0. The highest BCUT2D eigenvalue weighted by atomic mass is 16.5. The van der Waals surface area contributed by atoms with Gasteiger partial charge in [0.15, 0.2) is 0 Å². The maximum absolute atomic E-state index is 12.9. The number of likely N-dealkylation sites (tertiary alicyclic amines) is 1. The maximum atomic E-state index is 12.9. The Morgan fingerprint density at radius 3 is 2.68 bits per heavy atom. The predicted octanol–water partition coefficient (Wildman–Crippen LogP) is 2.45. The Hall–Kier alpha value is -2.37. The molecule has 25 heavy (non-hydrogen) atoms. The fourth-order valence-electron chi connectivity index (χ4n) is 3.37. The summed E-state index contributed by atoms with van der Waals surface area (Å²) < 4.78 is 4.84. The molecule has 2 aliphatic rings. The van der Waals surface area contributed by atoms with E-state index >= 15 is 0 Å². The normalized spacial score (nSPS) is 25.2. The van der Waals surface area contributed by atoms with Crippen LogP contribution >= 0.6 is 0 Å². The molecule has 3 atom stereocenters. The van der Waals surface area contributed by atoms with Gasteiger partial charge in [0.05, 0.1) is 7.11 Å². The number of nitrogens with zero attached hydrogens (tertiary/aromatic N) is 1. The lowest BCUT2D eigenvalue weighted by Gasteiger charge is -2.33. The molecule has 134 valence electrons. The molecule has 1 aliphatic carbocycles. The minimum absolute atomic E-state index is 0.00232. The van der Waals surface area contributed by atoms with Crippen LogP contribution in [0.1, 0.15) is 43.0 Å². The number of amides is 2. The van der Waals surface area contributed by atoms with Crippen LogP contribution in [0.4, 0.5) is 5.69 Å². The number of hydrogen-bond donors (Lipinski definition) is 1. The van der Waals surface area contributed by atoms with Crippen LogP contribution in [0.5, 0.6) is 0 Å².